The van der Waals surface area contributed by atoms with Gasteiger partial charge >= 0.3 is 11.9 Å². The van der Waals surface area contributed by atoms with Crippen molar-refractivity contribution >= 4 is 28.5 Å². The van der Waals surface area contributed by atoms with Crippen molar-refractivity contribution in [2.24, 2.45) is 0 Å². The molecule has 0 unspecified atom stereocenters. The van der Waals surface area contributed by atoms with Gasteiger partial charge in [-0.05, 0) is 17.7 Å². The Hall–Kier alpha value is -4.20. The van der Waals surface area contributed by atoms with Gasteiger partial charge in [0.25, 0.3) is 0 Å². The maximum atomic E-state index is 12.9. The fourth-order valence-corrected chi connectivity index (χ4v) is 3.06. The molecule has 4 rings (SSSR count). The van der Waals surface area contributed by atoms with Crippen LogP contribution in [0.5, 0.6) is 0 Å². The number of aromatic amines is 1. The number of fused-ring (bicyclic) bond motifs is 1. The van der Waals surface area contributed by atoms with Gasteiger partial charge in [-0.2, -0.15) is 0 Å². The number of carbonyl (C=O) groups excluding carboxylic acids is 2. The van der Waals surface area contributed by atoms with E-state index in [0.29, 0.717) is 16.6 Å². The molecule has 0 spiro atoms. The van der Waals surface area contributed by atoms with E-state index < -0.39 is 29.2 Å². The maximum absolute atomic E-state index is 12.9. The SMILES string of the molecule is O=C(OCC(=O)c1c(-c2ccccc2)[nH]c2ccccc12)c1ccc([N+](=O)[O-])o1. The monoisotopic (exact) mass is 390 g/mol. The van der Waals surface area contributed by atoms with E-state index in [1.165, 1.54) is 0 Å². The normalized spacial score (nSPS) is 10.8. The van der Waals surface area contributed by atoms with E-state index in [1.54, 1.807) is 0 Å². The number of ketones is 1. The number of hydrogen-bond donors (Lipinski definition) is 1. The summed E-state index contributed by atoms with van der Waals surface area (Å²) < 4.78 is 9.83. The first-order chi connectivity index (χ1) is 14.0. The lowest BCUT2D eigenvalue weighted by molar-refractivity contribution is -0.402. The van der Waals surface area contributed by atoms with Crippen LogP contribution in [0.3, 0.4) is 0 Å². The summed E-state index contributed by atoms with van der Waals surface area (Å²) in [4.78, 5) is 38.1. The van der Waals surface area contributed by atoms with E-state index in [1.807, 2.05) is 54.6 Å². The molecule has 29 heavy (non-hydrogen) atoms. The Morgan fingerprint density at radius 1 is 1.00 bits per heavy atom. The van der Waals surface area contributed by atoms with Crippen molar-refractivity contribution in [2.75, 3.05) is 6.61 Å². The first-order valence-electron chi connectivity index (χ1n) is 8.65. The Labute approximate surface area is 163 Å². The van der Waals surface area contributed by atoms with Crippen LogP contribution in [0, 0.1) is 10.1 Å². The van der Waals surface area contributed by atoms with Crippen molar-refractivity contribution in [3.8, 4) is 11.3 Å². The molecule has 0 amide bonds. The van der Waals surface area contributed by atoms with E-state index in [-0.39, 0.29) is 5.76 Å². The number of furan rings is 1. The minimum Gasteiger partial charge on any atom is -0.451 e. The Kier molecular flexibility index (Phi) is 4.66. The quantitative estimate of drug-likeness (QED) is 0.226. The van der Waals surface area contributed by atoms with Crippen molar-refractivity contribution in [3.05, 3.63) is 88.2 Å². The maximum Gasteiger partial charge on any atom is 0.433 e. The van der Waals surface area contributed by atoms with Gasteiger partial charge in [0.05, 0.1) is 17.3 Å². The molecular formula is C21H14N2O6. The van der Waals surface area contributed by atoms with E-state index in [4.69, 9.17) is 9.15 Å². The standard InChI is InChI=1S/C21H14N2O6/c24-16(12-28-21(25)17-10-11-18(29-17)23(26)27)19-14-8-4-5-9-15(14)22-20(19)13-6-2-1-3-7-13/h1-11,22H,12H2. The Morgan fingerprint density at radius 2 is 1.72 bits per heavy atom. The van der Waals surface area contributed by atoms with Crippen molar-refractivity contribution in [2.45, 2.75) is 0 Å². The zero-order valence-corrected chi connectivity index (χ0v) is 15.0. The second-order valence-corrected chi connectivity index (χ2v) is 6.18. The summed E-state index contributed by atoms with van der Waals surface area (Å²) in [5, 5.41) is 11.4. The van der Waals surface area contributed by atoms with E-state index >= 15 is 0 Å². The molecule has 8 heteroatoms. The molecule has 2 aromatic carbocycles. The highest BCUT2D eigenvalue weighted by atomic mass is 16.7. The number of benzene rings is 2. The van der Waals surface area contributed by atoms with Gasteiger partial charge in [-0.15, -0.1) is 0 Å². The third kappa shape index (κ3) is 3.51. The van der Waals surface area contributed by atoms with Gasteiger partial charge in [-0.25, -0.2) is 4.79 Å². The fourth-order valence-electron chi connectivity index (χ4n) is 3.06. The molecule has 2 heterocycles. The molecule has 0 aliphatic carbocycles. The highest BCUT2D eigenvalue weighted by molar-refractivity contribution is 6.14. The number of esters is 1. The third-order valence-corrected chi connectivity index (χ3v) is 4.35. The molecule has 8 nitrogen and oxygen atoms in total. The average molecular weight is 390 g/mol. The van der Waals surface area contributed by atoms with Gasteiger partial charge in [-0.1, -0.05) is 48.5 Å². The topological polar surface area (TPSA) is 115 Å². The van der Waals surface area contributed by atoms with Crippen LogP contribution >= 0.6 is 0 Å². The van der Waals surface area contributed by atoms with Gasteiger partial charge in [0, 0.05) is 10.9 Å². The number of para-hydroxylation sites is 1. The molecule has 144 valence electrons. The molecule has 0 saturated heterocycles. The second kappa shape index (κ2) is 7.43. The smallest absolute Gasteiger partial charge is 0.433 e. The van der Waals surface area contributed by atoms with Gasteiger partial charge in [0.1, 0.15) is 4.92 Å². The zero-order valence-electron chi connectivity index (χ0n) is 15.0. The number of nitrogens with zero attached hydrogens (tertiary/aromatic N) is 1. The second-order valence-electron chi connectivity index (χ2n) is 6.18. The van der Waals surface area contributed by atoms with Crippen LogP contribution in [0.2, 0.25) is 0 Å². The Morgan fingerprint density at radius 3 is 2.45 bits per heavy atom. The zero-order chi connectivity index (χ0) is 20.4. The summed E-state index contributed by atoms with van der Waals surface area (Å²) in [6.45, 7) is -0.533. The van der Waals surface area contributed by atoms with Crippen molar-refractivity contribution < 1.29 is 23.7 Å². The first kappa shape index (κ1) is 18.2. The summed E-state index contributed by atoms with van der Waals surface area (Å²) >= 11 is 0. The first-order valence-corrected chi connectivity index (χ1v) is 8.65. The molecule has 0 saturated carbocycles. The van der Waals surface area contributed by atoms with E-state index in [0.717, 1.165) is 23.2 Å². The lowest BCUT2D eigenvalue weighted by Gasteiger charge is -2.05. The number of rotatable bonds is 6. The van der Waals surface area contributed by atoms with Crippen LogP contribution in [0.1, 0.15) is 20.9 Å². The van der Waals surface area contributed by atoms with Gasteiger partial charge in [0.2, 0.25) is 11.5 Å². The number of hydrogen-bond acceptors (Lipinski definition) is 6. The van der Waals surface area contributed by atoms with Crippen LogP contribution in [0.4, 0.5) is 5.88 Å². The highest BCUT2D eigenvalue weighted by Crippen LogP contribution is 2.30. The van der Waals surface area contributed by atoms with Gasteiger partial charge in [-0.3, -0.25) is 14.9 Å². The highest BCUT2D eigenvalue weighted by Gasteiger charge is 2.23. The van der Waals surface area contributed by atoms with Crippen molar-refractivity contribution in [1.82, 2.24) is 4.98 Å². The van der Waals surface area contributed by atoms with Crippen LogP contribution in [-0.2, 0) is 4.74 Å². The number of aromatic nitrogens is 1. The molecule has 4 aromatic rings. The van der Waals surface area contributed by atoms with Crippen molar-refractivity contribution in [1.29, 1.82) is 0 Å². The van der Waals surface area contributed by atoms with Crippen LogP contribution in [0.25, 0.3) is 22.2 Å². The molecule has 0 aliphatic heterocycles. The molecule has 1 N–H and O–H groups in total. The van der Waals surface area contributed by atoms with Crippen LogP contribution in [-0.4, -0.2) is 28.3 Å². The summed E-state index contributed by atoms with van der Waals surface area (Å²) in [6.07, 6.45) is 0. The molecule has 0 fully saturated rings. The number of nitrogens with one attached hydrogen (secondary N) is 1. The summed E-state index contributed by atoms with van der Waals surface area (Å²) in [7, 11) is 0. The minimum absolute atomic E-state index is 0.341. The Bertz CT molecular complexity index is 1220. The molecule has 0 bridgehead atoms. The summed E-state index contributed by atoms with van der Waals surface area (Å²) in [5.74, 6) is -2.28. The molecule has 2 aromatic heterocycles. The number of carbonyl (C=O) groups is 2. The average Bonchev–Trinajstić information content (AvgIpc) is 3.38. The number of ether oxygens (including phenoxy) is 1. The minimum atomic E-state index is -0.951. The summed E-state index contributed by atoms with van der Waals surface area (Å²) in [6, 6.07) is 18.8. The number of Topliss-reactive ketones (excluding diaryl/α,β-unsaturated/α-hetero) is 1. The summed E-state index contributed by atoms with van der Waals surface area (Å²) in [5.41, 5.74) is 2.63. The Balaban J connectivity index is 1.61. The van der Waals surface area contributed by atoms with E-state index in [2.05, 4.69) is 4.98 Å². The predicted molar refractivity (Wildman–Crippen MR) is 104 cm³/mol. The van der Waals surface area contributed by atoms with Gasteiger partial charge in [0.15, 0.2) is 6.61 Å². The fraction of sp³-hybridized carbons (Fsp3) is 0.0476. The molecular weight excluding hydrogens is 376 g/mol. The predicted octanol–water partition coefficient (Wildman–Crippen LogP) is 4.38. The molecule has 0 aliphatic rings. The lowest BCUT2D eigenvalue weighted by atomic mass is 10.0. The van der Waals surface area contributed by atoms with Crippen molar-refractivity contribution in [3.63, 3.8) is 0 Å². The molecule has 0 atom stereocenters. The lowest BCUT2D eigenvalue weighted by Crippen LogP contribution is -2.14. The van der Waals surface area contributed by atoms with Gasteiger partial charge < -0.3 is 14.1 Å². The number of nitro groups is 1. The van der Waals surface area contributed by atoms with E-state index in [9.17, 15) is 19.7 Å². The third-order valence-electron chi connectivity index (χ3n) is 4.35. The van der Waals surface area contributed by atoms with Crippen LogP contribution in [0.15, 0.2) is 71.1 Å². The van der Waals surface area contributed by atoms with Crippen LogP contribution < -0.4 is 0 Å². The number of H-pyrrole nitrogens is 1. The molecule has 0 radical (unpaired) electrons. The largest absolute Gasteiger partial charge is 0.451 e.